The second-order valence-electron chi connectivity index (χ2n) is 10.4. The van der Waals surface area contributed by atoms with Gasteiger partial charge in [0.05, 0.1) is 6.04 Å². The van der Waals surface area contributed by atoms with Crippen LogP contribution in [-0.4, -0.2) is 53.7 Å². The van der Waals surface area contributed by atoms with E-state index in [0.29, 0.717) is 21.6 Å². The molecule has 1 atom stereocenters. The minimum Gasteiger partial charge on any atom is -0.454 e. The fraction of sp³-hybridized carbons (Fsp3) is 0.281. The zero-order valence-electron chi connectivity index (χ0n) is 23.3. The number of thioether (sulfide) groups is 1. The van der Waals surface area contributed by atoms with Gasteiger partial charge < -0.3 is 19.7 Å². The minimum atomic E-state index is -0.0999. The van der Waals surface area contributed by atoms with Crippen molar-refractivity contribution < 1.29 is 14.3 Å². The number of benzene rings is 3. The summed E-state index contributed by atoms with van der Waals surface area (Å²) in [6, 6.07) is 25.5. The van der Waals surface area contributed by atoms with Crippen LogP contribution < -0.4 is 19.7 Å². The van der Waals surface area contributed by atoms with Gasteiger partial charge in [-0.25, -0.2) is 9.97 Å². The summed E-state index contributed by atoms with van der Waals surface area (Å²) in [5.41, 5.74) is 3.92. The maximum Gasteiger partial charge on any atom is 0.251 e. The molecule has 0 radical (unpaired) electrons. The summed E-state index contributed by atoms with van der Waals surface area (Å²) in [5.74, 6) is 2.99. The van der Waals surface area contributed by atoms with Gasteiger partial charge in [-0.15, -0.1) is 0 Å². The standard InChI is InChI=1S/C32H32ClN5O3S/c1-22(25-7-3-2-4-8-25)34-31(39)26-9-5-6-24(16-26)20-42-32-35-29(33)18-30(36-32)38-14-12-37(13-15-38)19-23-10-11-27-28(17-23)41-21-40-27/h2-11,16-18,22H,12-15,19-21H2,1H3,(H,34,39). The number of piperazine rings is 1. The maximum absolute atomic E-state index is 12.9. The van der Waals surface area contributed by atoms with E-state index in [0.717, 1.165) is 61.2 Å². The molecule has 216 valence electrons. The highest BCUT2D eigenvalue weighted by Gasteiger charge is 2.21. The first kappa shape index (κ1) is 28.3. The number of fused-ring (bicyclic) bond motifs is 1. The van der Waals surface area contributed by atoms with Crippen LogP contribution in [0.5, 0.6) is 11.5 Å². The molecule has 6 rings (SSSR count). The summed E-state index contributed by atoms with van der Waals surface area (Å²) in [6.45, 7) is 6.66. The quantitative estimate of drug-likeness (QED) is 0.143. The van der Waals surface area contributed by atoms with Gasteiger partial charge in [0, 0.05) is 50.1 Å². The van der Waals surface area contributed by atoms with Crippen LogP contribution in [0.15, 0.2) is 84.0 Å². The lowest BCUT2D eigenvalue weighted by molar-refractivity contribution is 0.0939. The second kappa shape index (κ2) is 13.0. The molecule has 3 aromatic carbocycles. The molecule has 10 heteroatoms. The van der Waals surface area contributed by atoms with Crippen LogP contribution in [0.3, 0.4) is 0 Å². The number of anilines is 1. The Bertz CT molecular complexity index is 1550. The van der Waals surface area contributed by atoms with Crippen molar-refractivity contribution in [2.24, 2.45) is 0 Å². The third-order valence-electron chi connectivity index (χ3n) is 7.40. The molecule has 0 saturated carbocycles. The zero-order valence-corrected chi connectivity index (χ0v) is 24.9. The molecule has 3 heterocycles. The Balaban J connectivity index is 1.03. The average molecular weight is 602 g/mol. The molecule has 0 bridgehead atoms. The number of nitrogens with zero attached hydrogens (tertiary/aromatic N) is 4. The zero-order chi connectivity index (χ0) is 28.9. The van der Waals surface area contributed by atoms with Crippen LogP contribution >= 0.6 is 23.4 Å². The van der Waals surface area contributed by atoms with Gasteiger partial charge in [-0.2, -0.15) is 0 Å². The summed E-state index contributed by atoms with van der Waals surface area (Å²) in [5, 5.41) is 4.13. The fourth-order valence-corrected chi connectivity index (χ4v) is 6.12. The highest BCUT2D eigenvalue weighted by atomic mass is 35.5. The second-order valence-corrected chi connectivity index (χ2v) is 11.7. The number of aromatic nitrogens is 2. The maximum atomic E-state index is 12.9. The Morgan fingerprint density at radius 3 is 2.57 bits per heavy atom. The third-order valence-corrected chi connectivity index (χ3v) is 8.52. The predicted octanol–water partition coefficient (Wildman–Crippen LogP) is 5.96. The average Bonchev–Trinajstić information content (AvgIpc) is 3.49. The smallest absolute Gasteiger partial charge is 0.251 e. The number of carbonyl (C=O) groups excluding carboxylic acids is 1. The molecule has 42 heavy (non-hydrogen) atoms. The number of carbonyl (C=O) groups is 1. The van der Waals surface area contributed by atoms with E-state index in [4.69, 9.17) is 26.1 Å². The first-order valence-corrected chi connectivity index (χ1v) is 15.3. The van der Waals surface area contributed by atoms with E-state index < -0.39 is 0 Å². The van der Waals surface area contributed by atoms with E-state index in [9.17, 15) is 4.79 Å². The molecule has 1 unspecified atom stereocenters. The molecule has 1 amide bonds. The van der Waals surface area contributed by atoms with Crippen LogP contribution in [0.25, 0.3) is 0 Å². The predicted molar refractivity (Wildman–Crippen MR) is 165 cm³/mol. The number of rotatable bonds is 9. The molecule has 2 aliphatic heterocycles. The topological polar surface area (TPSA) is 79.8 Å². The molecule has 2 aliphatic rings. The SMILES string of the molecule is CC(NC(=O)c1cccc(CSc2nc(Cl)cc(N3CCN(Cc4ccc5c(c4)OCO5)CC3)n2)c1)c1ccccc1. The summed E-state index contributed by atoms with van der Waals surface area (Å²) in [7, 11) is 0. The minimum absolute atomic E-state index is 0.0828. The molecule has 0 spiro atoms. The van der Waals surface area contributed by atoms with Crippen molar-refractivity contribution in [1.82, 2.24) is 20.2 Å². The van der Waals surface area contributed by atoms with Crippen LogP contribution in [-0.2, 0) is 12.3 Å². The molecule has 1 aromatic heterocycles. The summed E-state index contributed by atoms with van der Waals surface area (Å²) < 4.78 is 10.9. The van der Waals surface area contributed by atoms with Crippen molar-refractivity contribution in [3.63, 3.8) is 0 Å². The Kier molecular flexibility index (Phi) is 8.79. The molecule has 0 aliphatic carbocycles. The summed E-state index contributed by atoms with van der Waals surface area (Å²) >= 11 is 7.93. The normalized spacial score (nSPS) is 15.4. The Labute approximate surface area is 255 Å². The number of amides is 1. The number of ether oxygens (including phenoxy) is 2. The van der Waals surface area contributed by atoms with Crippen molar-refractivity contribution in [1.29, 1.82) is 0 Å². The fourth-order valence-electron chi connectivity index (χ4n) is 5.10. The number of halogens is 1. The van der Waals surface area contributed by atoms with Crippen molar-refractivity contribution in [3.8, 4) is 11.5 Å². The van der Waals surface area contributed by atoms with E-state index >= 15 is 0 Å². The molecular formula is C32H32ClN5O3S. The lowest BCUT2D eigenvalue weighted by Gasteiger charge is -2.35. The highest BCUT2D eigenvalue weighted by Crippen LogP contribution is 2.33. The molecule has 1 saturated heterocycles. The Hall–Kier alpha value is -3.79. The van der Waals surface area contributed by atoms with E-state index in [2.05, 4.69) is 32.2 Å². The first-order valence-electron chi connectivity index (χ1n) is 14.0. The van der Waals surface area contributed by atoms with Crippen molar-refractivity contribution in [3.05, 3.63) is 106 Å². The van der Waals surface area contributed by atoms with Crippen molar-refractivity contribution in [2.45, 2.75) is 30.4 Å². The van der Waals surface area contributed by atoms with Crippen LogP contribution in [0.2, 0.25) is 5.15 Å². The van der Waals surface area contributed by atoms with Crippen LogP contribution in [0.4, 0.5) is 5.82 Å². The third kappa shape index (κ3) is 6.98. The Morgan fingerprint density at radius 2 is 1.74 bits per heavy atom. The van der Waals surface area contributed by atoms with E-state index in [-0.39, 0.29) is 18.7 Å². The molecule has 4 aromatic rings. The molecule has 1 fully saturated rings. The van der Waals surface area contributed by atoms with Gasteiger partial charge in [0.25, 0.3) is 5.91 Å². The van der Waals surface area contributed by atoms with Crippen LogP contribution in [0.1, 0.15) is 40.0 Å². The van der Waals surface area contributed by atoms with Gasteiger partial charge >= 0.3 is 0 Å². The number of nitrogens with one attached hydrogen (secondary N) is 1. The van der Waals surface area contributed by atoms with Gasteiger partial charge in [0.15, 0.2) is 16.7 Å². The number of hydrogen-bond donors (Lipinski definition) is 1. The van der Waals surface area contributed by atoms with Gasteiger partial charge in [-0.3, -0.25) is 9.69 Å². The van der Waals surface area contributed by atoms with E-state index in [1.54, 1.807) is 0 Å². The highest BCUT2D eigenvalue weighted by molar-refractivity contribution is 7.98. The van der Waals surface area contributed by atoms with Crippen molar-refractivity contribution >= 4 is 35.1 Å². The monoisotopic (exact) mass is 601 g/mol. The molecular weight excluding hydrogens is 570 g/mol. The molecule has 1 N–H and O–H groups in total. The van der Waals surface area contributed by atoms with Gasteiger partial charge in [-0.1, -0.05) is 71.9 Å². The summed E-state index contributed by atoms with van der Waals surface area (Å²) in [6.07, 6.45) is 0. The first-order chi connectivity index (χ1) is 20.5. The summed E-state index contributed by atoms with van der Waals surface area (Å²) in [4.78, 5) is 26.9. The van der Waals surface area contributed by atoms with Crippen molar-refractivity contribution in [2.75, 3.05) is 37.9 Å². The largest absolute Gasteiger partial charge is 0.454 e. The Morgan fingerprint density at radius 1 is 0.929 bits per heavy atom. The van der Waals surface area contributed by atoms with Gasteiger partial charge in [-0.05, 0) is 47.9 Å². The van der Waals surface area contributed by atoms with Gasteiger partial charge in [0.1, 0.15) is 11.0 Å². The number of hydrogen-bond acceptors (Lipinski definition) is 8. The van der Waals surface area contributed by atoms with Crippen LogP contribution in [0, 0.1) is 0 Å². The lowest BCUT2D eigenvalue weighted by atomic mass is 10.1. The van der Waals surface area contributed by atoms with E-state index in [1.165, 1.54) is 17.3 Å². The molecule has 8 nitrogen and oxygen atoms in total. The van der Waals surface area contributed by atoms with Gasteiger partial charge in [0.2, 0.25) is 6.79 Å². The lowest BCUT2D eigenvalue weighted by Crippen LogP contribution is -2.46. The van der Waals surface area contributed by atoms with E-state index in [1.807, 2.05) is 73.7 Å².